The van der Waals surface area contributed by atoms with Gasteiger partial charge in [0, 0.05) is 5.02 Å². The number of halogens is 2. The molecule has 5 nitrogen and oxygen atoms in total. The molecule has 23 heavy (non-hydrogen) atoms. The van der Waals surface area contributed by atoms with Crippen LogP contribution in [0.1, 0.15) is 12.5 Å². The van der Waals surface area contributed by atoms with Gasteiger partial charge in [0.05, 0.1) is 18.2 Å². The molecule has 0 spiro atoms. The van der Waals surface area contributed by atoms with Crippen LogP contribution in [-0.2, 0) is 16.7 Å². The smallest absolute Gasteiger partial charge is 0.339 e. The maximum atomic E-state index is 12.3. The second kappa shape index (κ2) is 7.40. The number of ether oxygens (including phenoxy) is 1. The molecule has 0 fully saturated rings. The summed E-state index contributed by atoms with van der Waals surface area (Å²) in [6.07, 6.45) is 0. The van der Waals surface area contributed by atoms with Crippen molar-refractivity contribution in [1.82, 2.24) is 0 Å². The van der Waals surface area contributed by atoms with Gasteiger partial charge in [0.15, 0.2) is 5.75 Å². The zero-order valence-electron chi connectivity index (χ0n) is 12.1. The lowest BCUT2D eigenvalue weighted by Gasteiger charge is -2.14. The fraction of sp³-hybridized carbons (Fsp3) is 0.200. The third kappa shape index (κ3) is 4.29. The van der Waals surface area contributed by atoms with Crippen LogP contribution in [0.4, 0.5) is 0 Å². The number of aliphatic hydroxyl groups is 1. The van der Waals surface area contributed by atoms with Gasteiger partial charge in [-0.2, -0.15) is 8.42 Å². The van der Waals surface area contributed by atoms with Crippen LogP contribution in [0.25, 0.3) is 0 Å². The van der Waals surface area contributed by atoms with E-state index < -0.39 is 10.1 Å². The number of aliphatic hydroxyl groups excluding tert-OH is 1. The van der Waals surface area contributed by atoms with Crippen LogP contribution < -0.4 is 8.92 Å². The molecule has 0 aliphatic carbocycles. The van der Waals surface area contributed by atoms with Gasteiger partial charge in [0.25, 0.3) is 0 Å². The van der Waals surface area contributed by atoms with E-state index in [4.69, 9.17) is 32.1 Å². The maximum Gasteiger partial charge on any atom is 0.339 e. The van der Waals surface area contributed by atoms with Crippen molar-refractivity contribution in [3.63, 3.8) is 0 Å². The predicted octanol–water partition coefficient (Wildman–Crippen LogP) is 3.65. The Bertz CT molecular complexity index is 788. The first-order chi connectivity index (χ1) is 10.9. The van der Waals surface area contributed by atoms with Crippen LogP contribution in [0.3, 0.4) is 0 Å². The quantitative estimate of drug-likeness (QED) is 0.778. The minimum absolute atomic E-state index is 0.0255. The van der Waals surface area contributed by atoms with E-state index in [9.17, 15) is 13.5 Å². The highest BCUT2D eigenvalue weighted by Gasteiger charge is 2.22. The SMILES string of the molecule is CCOc1cc(CO)cc(Cl)c1OS(=O)(=O)c1ccc(Cl)cc1. The zero-order valence-corrected chi connectivity index (χ0v) is 14.5. The molecule has 0 aliphatic rings. The van der Waals surface area contributed by atoms with E-state index in [1.54, 1.807) is 6.92 Å². The fourth-order valence-corrected chi connectivity index (χ4v) is 3.22. The molecule has 8 heteroatoms. The van der Waals surface area contributed by atoms with Gasteiger partial charge in [-0.05, 0) is 48.9 Å². The van der Waals surface area contributed by atoms with Crippen molar-refractivity contribution in [2.45, 2.75) is 18.4 Å². The summed E-state index contributed by atoms with van der Waals surface area (Å²) in [6, 6.07) is 8.43. The number of hydrogen-bond donors (Lipinski definition) is 1. The summed E-state index contributed by atoms with van der Waals surface area (Å²) in [5.41, 5.74) is 0.481. The maximum absolute atomic E-state index is 12.3. The molecule has 2 rings (SSSR count). The fourth-order valence-electron chi connectivity index (χ4n) is 1.82. The van der Waals surface area contributed by atoms with E-state index in [1.165, 1.54) is 36.4 Å². The molecule has 0 atom stereocenters. The third-order valence-electron chi connectivity index (χ3n) is 2.85. The molecule has 0 amide bonds. The van der Waals surface area contributed by atoms with E-state index in [0.717, 1.165) is 0 Å². The molecule has 1 N–H and O–H groups in total. The molecule has 0 unspecified atom stereocenters. The normalized spacial score (nSPS) is 11.3. The van der Waals surface area contributed by atoms with Crippen LogP contribution in [0.5, 0.6) is 11.5 Å². The van der Waals surface area contributed by atoms with Crippen molar-refractivity contribution in [3.05, 3.63) is 52.0 Å². The van der Waals surface area contributed by atoms with Crippen molar-refractivity contribution in [3.8, 4) is 11.5 Å². The number of hydrogen-bond acceptors (Lipinski definition) is 5. The summed E-state index contributed by atoms with van der Waals surface area (Å²) >= 11 is 11.8. The van der Waals surface area contributed by atoms with Gasteiger partial charge in [-0.1, -0.05) is 23.2 Å². The van der Waals surface area contributed by atoms with Crippen LogP contribution in [-0.4, -0.2) is 20.1 Å². The lowest BCUT2D eigenvalue weighted by molar-refractivity contribution is 0.279. The van der Waals surface area contributed by atoms with Gasteiger partial charge >= 0.3 is 10.1 Å². The first kappa shape index (κ1) is 17.9. The molecule has 0 heterocycles. The average Bonchev–Trinajstić information content (AvgIpc) is 2.51. The van der Waals surface area contributed by atoms with Crippen molar-refractivity contribution < 1.29 is 22.4 Å². The number of benzene rings is 2. The molecular weight excluding hydrogens is 363 g/mol. The topological polar surface area (TPSA) is 72.8 Å². The van der Waals surface area contributed by atoms with Crippen molar-refractivity contribution in [2.75, 3.05) is 6.61 Å². The standard InChI is InChI=1S/C15H14Cl2O5S/c1-2-21-14-8-10(9-18)7-13(17)15(14)22-23(19,20)12-5-3-11(16)4-6-12/h3-8,18H,2,9H2,1H3. The molecular formula is C15H14Cl2O5S. The molecule has 124 valence electrons. The predicted molar refractivity (Wildman–Crippen MR) is 87.8 cm³/mol. The molecule has 0 aliphatic heterocycles. The second-order valence-corrected chi connectivity index (χ2v) is 6.88. The molecule has 0 radical (unpaired) electrons. The van der Waals surface area contributed by atoms with Crippen LogP contribution in [0, 0.1) is 0 Å². The summed E-state index contributed by atoms with van der Waals surface area (Å²) < 4.78 is 35.2. The van der Waals surface area contributed by atoms with Crippen LogP contribution >= 0.6 is 23.2 Å². The van der Waals surface area contributed by atoms with Crippen molar-refractivity contribution >= 4 is 33.3 Å². The minimum Gasteiger partial charge on any atom is -0.490 e. The zero-order chi connectivity index (χ0) is 17.0. The highest BCUT2D eigenvalue weighted by atomic mass is 35.5. The monoisotopic (exact) mass is 376 g/mol. The Balaban J connectivity index is 2.43. The summed E-state index contributed by atoms with van der Waals surface area (Å²) in [4.78, 5) is -0.0633. The van der Waals surface area contributed by atoms with Gasteiger partial charge in [-0.3, -0.25) is 0 Å². The minimum atomic E-state index is -4.10. The summed E-state index contributed by atoms with van der Waals surface area (Å²) in [5.74, 6) is 0.0160. The van der Waals surface area contributed by atoms with Gasteiger partial charge in [-0.25, -0.2) is 0 Å². The van der Waals surface area contributed by atoms with E-state index >= 15 is 0 Å². The largest absolute Gasteiger partial charge is 0.490 e. The van der Waals surface area contributed by atoms with Crippen LogP contribution in [0.2, 0.25) is 10.0 Å². The highest BCUT2D eigenvalue weighted by molar-refractivity contribution is 7.87. The summed E-state index contributed by atoms with van der Waals surface area (Å²) in [6.45, 7) is 1.75. The van der Waals surface area contributed by atoms with Gasteiger partial charge in [0.1, 0.15) is 4.90 Å². The Morgan fingerprint density at radius 2 is 1.78 bits per heavy atom. The van der Waals surface area contributed by atoms with Crippen LogP contribution in [0.15, 0.2) is 41.3 Å². The lowest BCUT2D eigenvalue weighted by atomic mass is 10.2. The second-order valence-electron chi connectivity index (χ2n) is 4.49. The van der Waals surface area contributed by atoms with Crippen molar-refractivity contribution in [2.24, 2.45) is 0 Å². The van der Waals surface area contributed by atoms with Gasteiger partial charge in [-0.15, -0.1) is 0 Å². The average molecular weight is 377 g/mol. The lowest BCUT2D eigenvalue weighted by Crippen LogP contribution is -2.11. The van der Waals surface area contributed by atoms with E-state index in [-0.39, 0.29) is 34.6 Å². The summed E-state index contributed by atoms with van der Waals surface area (Å²) in [7, 11) is -4.10. The van der Waals surface area contributed by atoms with E-state index in [1.807, 2.05) is 0 Å². The molecule has 0 bridgehead atoms. The first-order valence-corrected chi connectivity index (χ1v) is 8.80. The van der Waals surface area contributed by atoms with Crippen molar-refractivity contribution in [1.29, 1.82) is 0 Å². The first-order valence-electron chi connectivity index (χ1n) is 6.63. The molecule has 0 saturated heterocycles. The Morgan fingerprint density at radius 3 is 2.35 bits per heavy atom. The Hall–Kier alpha value is -1.47. The third-order valence-corrected chi connectivity index (χ3v) is 4.62. The van der Waals surface area contributed by atoms with E-state index in [0.29, 0.717) is 10.6 Å². The van der Waals surface area contributed by atoms with Gasteiger partial charge < -0.3 is 14.0 Å². The Kier molecular flexibility index (Phi) is 5.75. The Labute approximate surface area is 144 Å². The van der Waals surface area contributed by atoms with E-state index in [2.05, 4.69) is 0 Å². The molecule has 0 aromatic heterocycles. The molecule has 0 saturated carbocycles. The highest BCUT2D eigenvalue weighted by Crippen LogP contribution is 2.38. The summed E-state index contributed by atoms with van der Waals surface area (Å²) in [5, 5.41) is 9.63. The molecule has 2 aromatic carbocycles. The molecule has 2 aromatic rings. The number of rotatable bonds is 6. The van der Waals surface area contributed by atoms with Gasteiger partial charge in [0.2, 0.25) is 5.75 Å². The Morgan fingerprint density at radius 1 is 1.13 bits per heavy atom.